The van der Waals surface area contributed by atoms with Crippen molar-refractivity contribution >= 4 is 52.6 Å². The lowest BCUT2D eigenvalue weighted by atomic mass is 10.0. The second-order valence-corrected chi connectivity index (χ2v) is 9.49. The highest BCUT2D eigenvalue weighted by atomic mass is 32.2. The summed E-state index contributed by atoms with van der Waals surface area (Å²) in [6.45, 7) is 1.16. The van der Waals surface area contributed by atoms with Crippen molar-refractivity contribution in [1.82, 2.24) is 10.2 Å². The van der Waals surface area contributed by atoms with Crippen LogP contribution in [-0.4, -0.2) is 63.2 Å². The van der Waals surface area contributed by atoms with Crippen LogP contribution in [0.2, 0.25) is 0 Å². The fourth-order valence-electron chi connectivity index (χ4n) is 3.56. The maximum atomic E-state index is 13.1. The van der Waals surface area contributed by atoms with E-state index in [4.69, 9.17) is 9.57 Å². The maximum Gasteiger partial charge on any atom is 0.352 e. The quantitative estimate of drug-likeness (QED) is 0.224. The highest BCUT2D eigenvalue weighted by Crippen LogP contribution is 2.40. The number of thioether (sulfide) groups is 1. The molecule has 4 rings (SSSR count). The standard InChI is InChI=1S/C23H21N3O7S2/c1-13(27)32-10-16-12-35-22-18(21(29)26(22)19(16)23(30)31)24-20(28)17(15-7-8-34-11-15)25-33-9-14-5-3-2-4-6-14/h2-8,11,18,22H,9-10,12H2,1H3,(H,24,28)(H,30,31)/t18-,22-/m1/s1. The number of carbonyl (C=O) groups is 4. The summed E-state index contributed by atoms with van der Waals surface area (Å²) in [7, 11) is 0. The van der Waals surface area contributed by atoms with E-state index in [-0.39, 0.29) is 30.4 Å². The van der Waals surface area contributed by atoms with Gasteiger partial charge in [0.25, 0.3) is 11.8 Å². The normalized spacial score (nSPS) is 19.5. The molecule has 10 nitrogen and oxygen atoms in total. The first-order chi connectivity index (χ1) is 16.9. The molecule has 1 aromatic heterocycles. The van der Waals surface area contributed by atoms with Crippen LogP contribution in [0.5, 0.6) is 0 Å². The third-order valence-corrected chi connectivity index (χ3v) is 7.25. The molecular weight excluding hydrogens is 494 g/mol. The Morgan fingerprint density at radius 3 is 2.63 bits per heavy atom. The fourth-order valence-corrected chi connectivity index (χ4v) is 5.53. The van der Waals surface area contributed by atoms with Crippen molar-refractivity contribution in [3.8, 4) is 0 Å². The van der Waals surface area contributed by atoms with E-state index in [0.717, 1.165) is 10.5 Å². The number of nitrogens with zero attached hydrogens (tertiary/aromatic N) is 2. The monoisotopic (exact) mass is 515 g/mol. The van der Waals surface area contributed by atoms with Crippen LogP contribution < -0.4 is 5.32 Å². The molecule has 182 valence electrons. The second kappa shape index (κ2) is 10.7. The number of thiophene rings is 1. The summed E-state index contributed by atoms with van der Waals surface area (Å²) in [4.78, 5) is 55.4. The van der Waals surface area contributed by atoms with E-state index in [2.05, 4.69) is 10.5 Å². The number of oxime groups is 1. The van der Waals surface area contributed by atoms with Crippen molar-refractivity contribution in [2.45, 2.75) is 24.9 Å². The topological polar surface area (TPSA) is 135 Å². The lowest BCUT2D eigenvalue weighted by molar-refractivity contribution is -0.150. The number of esters is 1. The molecule has 35 heavy (non-hydrogen) atoms. The van der Waals surface area contributed by atoms with Crippen molar-refractivity contribution in [1.29, 1.82) is 0 Å². The Morgan fingerprint density at radius 1 is 1.20 bits per heavy atom. The molecule has 2 aromatic rings. The Bertz CT molecular complexity index is 1190. The summed E-state index contributed by atoms with van der Waals surface area (Å²) < 4.78 is 4.93. The van der Waals surface area contributed by atoms with Crippen LogP contribution in [0, 0.1) is 0 Å². The molecule has 0 saturated carbocycles. The van der Waals surface area contributed by atoms with E-state index in [1.807, 2.05) is 30.3 Å². The van der Waals surface area contributed by atoms with E-state index < -0.39 is 35.2 Å². The molecule has 3 heterocycles. The van der Waals surface area contributed by atoms with E-state index in [9.17, 15) is 24.3 Å². The molecule has 0 radical (unpaired) electrons. The Kier molecular flexibility index (Phi) is 7.51. The Labute approximate surface area is 208 Å². The molecule has 0 spiro atoms. The van der Waals surface area contributed by atoms with Gasteiger partial charge >= 0.3 is 11.9 Å². The number of hydrogen-bond donors (Lipinski definition) is 2. The predicted octanol–water partition coefficient (Wildman–Crippen LogP) is 1.97. The molecule has 1 saturated heterocycles. The zero-order valence-corrected chi connectivity index (χ0v) is 20.1. The highest BCUT2D eigenvalue weighted by molar-refractivity contribution is 8.00. The van der Waals surface area contributed by atoms with Gasteiger partial charge in [-0.2, -0.15) is 11.3 Å². The lowest BCUT2D eigenvalue weighted by Crippen LogP contribution is -2.71. The molecule has 0 aliphatic carbocycles. The number of carboxylic acids is 1. The van der Waals surface area contributed by atoms with Gasteiger partial charge in [-0.05, 0) is 17.0 Å². The number of nitrogens with one attached hydrogen (secondary N) is 1. The number of carbonyl (C=O) groups excluding carboxylic acids is 3. The SMILES string of the molecule is CC(=O)OCC1=C(C(=O)O)N2C(=O)[C@@H](NC(=O)C(=NOCc3ccccc3)c3ccsc3)[C@H]2SC1. The van der Waals surface area contributed by atoms with Crippen LogP contribution >= 0.6 is 23.1 Å². The summed E-state index contributed by atoms with van der Waals surface area (Å²) in [5.74, 6) is -2.79. The smallest absolute Gasteiger partial charge is 0.352 e. The van der Waals surface area contributed by atoms with Crippen LogP contribution in [0.1, 0.15) is 18.1 Å². The van der Waals surface area contributed by atoms with Gasteiger partial charge in [0.15, 0.2) is 5.71 Å². The molecule has 2 N–H and O–H groups in total. The van der Waals surface area contributed by atoms with E-state index >= 15 is 0 Å². The first-order valence-corrected chi connectivity index (χ1v) is 12.5. The van der Waals surface area contributed by atoms with Crippen LogP contribution in [0.3, 0.4) is 0 Å². The summed E-state index contributed by atoms with van der Waals surface area (Å²) in [5.41, 5.74) is 1.53. The van der Waals surface area contributed by atoms with Crippen LogP contribution in [-0.2, 0) is 35.4 Å². The Balaban J connectivity index is 1.48. The van der Waals surface area contributed by atoms with Gasteiger partial charge in [0, 0.05) is 29.2 Å². The third-order valence-electron chi connectivity index (χ3n) is 5.23. The van der Waals surface area contributed by atoms with Crippen LogP contribution in [0.4, 0.5) is 0 Å². The number of aliphatic carboxylic acids is 1. The maximum absolute atomic E-state index is 13.1. The van der Waals surface area contributed by atoms with Gasteiger partial charge in [-0.3, -0.25) is 19.3 Å². The number of rotatable bonds is 9. The zero-order valence-electron chi connectivity index (χ0n) is 18.5. The minimum absolute atomic E-state index is 0.0128. The second-order valence-electron chi connectivity index (χ2n) is 7.61. The van der Waals surface area contributed by atoms with E-state index in [1.54, 1.807) is 16.8 Å². The van der Waals surface area contributed by atoms with Crippen LogP contribution in [0.15, 0.2) is 63.6 Å². The molecule has 2 aliphatic rings. The van der Waals surface area contributed by atoms with Gasteiger partial charge in [0.05, 0.1) is 0 Å². The molecule has 0 bridgehead atoms. The molecule has 1 aromatic carbocycles. The van der Waals surface area contributed by atoms with Crippen molar-refractivity contribution in [3.63, 3.8) is 0 Å². The number of β-lactam (4-membered cyclic amide) rings is 1. The number of hydrogen-bond acceptors (Lipinski definition) is 9. The van der Waals surface area contributed by atoms with E-state index in [1.165, 1.54) is 30.0 Å². The summed E-state index contributed by atoms with van der Waals surface area (Å²) in [5, 5.41) is 19.3. The van der Waals surface area contributed by atoms with Gasteiger partial charge in [-0.15, -0.1) is 11.8 Å². The minimum Gasteiger partial charge on any atom is -0.477 e. The first-order valence-electron chi connectivity index (χ1n) is 10.5. The summed E-state index contributed by atoms with van der Waals surface area (Å²) in [6, 6.07) is 10.1. The number of carboxylic acid groups (broad SMARTS) is 1. The molecule has 1 fully saturated rings. The zero-order chi connectivity index (χ0) is 24.9. The summed E-state index contributed by atoms with van der Waals surface area (Å²) >= 11 is 2.66. The lowest BCUT2D eigenvalue weighted by Gasteiger charge is -2.49. The van der Waals surface area contributed by atoms with Crippen molar-refractivity contribution in [2.24, 2.45) is 5.16 Å². The van der Waals surface area contributed by atoms with Crippen molar-refractivity contribution in [2.75, 3.05) is 12.4 Å². The average Bonchev–Trinajstić information content (AvgIpc) is 3.38. The van der Waals surface area contributed by atoms with Gasteiger partial charge in [0.2, 0.25) is 0 Å². The highest BCUT2D eigenvalue weighted by Gasteiger charge is 2.54. The Hall–Kier alpha value is -3.64. The molecule has 12 heteroatoms. The Morgan fingerprint density at radius 2 is 1.97 bits per heavy atom. The molecule has 0 unspecified atom stereocenters. The first kappa shape index (κ1) is 24.5. The largest absolute Gasteiger partial charge is 0.477 e. The number of amides is 2. The minimum atomic E-state index is -1.30. The van der Waals surface area contributed by atoms with Crippen molar-refractivity contribution < 1.29 is 33.9 Å². The molecular formula is C23H21N3O7S2. The molecule has 2 aliphatic heterocycles. The number of fused-ring (bicyclic) bond motifs is 1. The number of ether oxygens (including phenoxy) is 1. The van der Waals surface area contributed by atoms with Crippen molar-refractivity contribution in [3.05, 3.63) is 69.6 Å². The predicted molar refractivity (Wildman–Crippen MR) is 128 cm³/mol. The van der Waals surface area contributed by atoms with Gasteiger partial charge in [0.1, 0.15) is 30.3 Å². The van der Waals surface area contributed by atoms with Crippen LogP contribution in [0.25, 0.3) is 0 Å². The number of benzene rings is 1. The summed E-state index contributed by atoms with van der Waals surface area (Å²) in [6.07, 6.45) is 0. The molecule has 2 amide bonds. The average molecular weight is 516 g/mol. The fraction of sp³-hybridized carbons (Fsp3) is 0.261. The molecule has 2 atom stereocenters. The van der Waals surface area contributed by atoms with Gasteiger partial charge < -0.3 is 20.0 Å². The van der Waals surface area contributed by atoms with Gasteiger partial charge in [-0.25, -0.2) is 4.79 Å². The van der Waals surface area contributed by atoms with E-state index in [0.29, 0.717) is 11.1 Å². The third kappa shape index (κ3) is 5.38. The van der Waals surface area contributed by atoms with Gasteiger partial charge in [-0.1, -0.05) is 35.5 Å².